The van der Waals surface area contributed by atoms with E-state index in [1.165, 1.54) is 58.3 Å². The molecule has 0 aromatic rings. The molecule has 0 radical (unpaired) electrons. The molecule has 2 heteroatoms. The van der Waals surface area contributed by atoms with Crippen LogP contribution in [0.5, 0.6) is 0 Å². The molecule has 1 heterocycles. The van der Waals surface area contributed by atoms with Crippen LogP contribution < -0.4 is 5.32 Å². The van der Waals surface area contributed by atoms with Crippen LogP contribution in [0.4, 0.5) is 0 Å². The van der Waals surface area contributed by atoms with Gasteiger partial charge >= 0.3 is 0 Å². The van der Waals surface area contributed by atoms with Gasteiger partial charge < -0.3 is 10.2 Å². The third-order valence-electron chi connectivity index (χ3n) is 5.36. The molecule has 0 spiro atoms. The van der Waals surface area contributed by atoms with Gasteiger partial charge in [0.05, 0.1) is 0 Å². The SMILES string of the molecule is CCN1CCC(CNC2CCCCC2C(C)(C)C)C1. The summed E-state index contributed by atoms with van der Waals surface area (Å²) < 4.78 is 0. The second-order valence-corrected chi connectivity index (χ2v) is 7.82. The minimum absolute atomic E-state index is 0.462. The van der Waals surface area contributed by atoms with E-state index in [0.29, 0.717) is 5.41 Å². The predicted octanol–water partition coefficient (Wildman–Crippen LogP) is 3.52. The van der Waals surface area contributed by atoms with Gasteiger partial charge in [-0.15, -0.1) is 0 Å². The summed E-state index contributed by atoms with van der Waals surface area (Å²) in [6, 6.07) is 0.768. The Kier molecular flexibility index (Phi) is 5.30. The maximum atomic E-state index is 3.94. The molecule has 112 valence electrons. The molecule has 1 aliphatic carbocycles. The molecule has 0 bridgehead atoms. The lowest BCUT2D eigenvalue weighted by atomic mass is 9.69. The lowest BCUT2D eigenvalue weighted by Gasteiger charge is -2.41. The summed E-state index contributed by atoms with van der Waals surface area (Å²) in [6.07, 6.45) is 7.08. The van der Waals surface area contributed by atoms with E-state index in [2.05, 4.69) is 37.9 Å². The van der Waals surface area contributed by atoms with E-state index < -0.39 is 0 Å². The molecule has 1 N–H and O–H groups in total. The molecule has 2 fully saturated rings. The monoisotopic (exact) mass is 266 g/mol. The van der Waals surface area contributed by atoms with Gasteiger partial charge in [-0.3, -0.25) is 0 Å². The molecular weight excluding hydrogens is 232 g/mol. The van der Waals surface area contributed by atoms with Crippen LogP contribution in [0.25, 0.3) is 0 Å². The van der Waals surface area contributed by atoms with Crippen LogP contribution >= 0.6 is 0 Å². The van der Waals surface area contributed by atoms with Gasteiger partial charge in [0, 0.05) is 12.6 Å². The molecular formula is C17H34N2. The predicted molar refractivity (Wildman–Crippen MR) is 83.4 cm³/mol. The Hall–Kier alpha value is -0.0800. The molecule has 0 aromatic carbocycles. The fraction of sp³-hybridized carbons (Fsp3) is 1.00. The number of rotatable bonds is 4. The van der Waals surface area contributed by atoms with Crippen molar-refractivity contribution in [2.75, 3.05) is 26.2 Å². The molecule has 2 rings (SSSR count). The first-order valence-corrected chi connectivity index (χ1v) is 8.46. The van der Waals surface area contributed by atoms with Crippen molar-refractivity contribution in [2.45, 2.75) is 65.8 Å². The van der Waals surface area contributed by atoms with Gasteiger partial charge in [-0.2, -0.15) is 0 Å². The standard InChI is InChI=1S/C17H34N2/c1-5-19-11-10-14(13-19)12-18-16-9-7-6-8-15(16)17(2,3)4/h14-16,18H,5-13H2,1-4H3. The zero-order valence-corrected chi connectivity index (χ0v) is 13.5. The van der Waals surface area contributed by atoms with Crippen molar-refractivity contribution in [3.8, 4) is 0 Å². The quantitative estimate of drug-likeness (QED) is 0.837. The second-order valence-electron chi connectivity index (χ2n) is 7.82. The van der Waals surface area contributed by atoms with E-state index in [1.807, 2.05) is 0 Å². The summed E-state index contributed by atoms with van der Waals surface area (Å²) in [4.78, 5) is 2.59. The van der Waals surface area contributed by atoms with Gasteiger partial charge in [0.25, 0.3) is 0 Å². The Labute approximate surface area is 120 Å². The van der Waals surface area contributed by atoms with Gasteiger partial charge in [-0.05, 0) is 56.1 Å². The van der Waals surface area contributed by atoms with Crippen molar-refractivity contribution in [1.82, 2.24) is 10.2 Å². The number of likely N-dealkylation sites (tertiary alicyclic amines) is 1. The smallest absolute Gasteiger partial charge is 0.0100 e. The average molecular weight is 266 g/mol. The second kappa shape index (κ2) is 6.58. The fourth-order valence-electron chi connectivity index (χ4n) is 4.10. The summed E-state index contributed by atoms with van der Waals surface area (Å²) >= 11 is 0. The molecule has 1 saturated carbocycles. The van der Waals surface area contributed by atoms with Crippen molar-refractivity contribution in [3.05, 3.63) is 0 Å². The van der Waals surface area contributed by atoms with E-state index in [-0.39, 0.29) is 0 Å². The summed E-state index contributed by atoms with van der Waals surface area (Å²) in [5.41, 5.74) is 0.462. The lowest BCUT2D eigenvalue weighted by Crippen LogP contribution is -2.46. The topological polar surface area (TPSA) is 15.3 Å². The number of nitrogens with zero attached hydrogens (tertiary/aromatic N) is 1. The summed E-state index contributed by atoms with van der Waals surface area (Å²) in [6.45, 7) is 14.7. The minimum atomic E-state index is 0.462. The third kappa shape index (κ3) is 4.19. The first kappa shape index (κ1) is 15.3. The van der Waals surface area contributed by atoms with E-state index in [9.17, 15) is 0 Å². The van der Waals surface area contributed by atoms with Crippen molar-refractivity contribution >= 4 is 0 Å². The highest BCUT2D eigenvalue weighted by Gasteiger charge is 2.34. The molecule has 19 heavy (non-hydrogen) atoms. The van der Waals surface area contributed by atoms with Crippen LogP contribution in [-0.4, -0.2) is 37.1 Å². The number of hydrogen-bond donors (Lipinski definition) is 1. The van der Waals surface area contributed by atoms with Crippen LogP contribution in [0, 0.1) is 17.3 Å². The van der Waals surface area contributed by atoms with Crippen molar-refractivity contribution in [2.24, 2.45) is 17.3 Å². The Balaban J connectivity index is 1.80. The molecule has 3 unspecified atom stereocenters. The van der Waals surface area contributed by atoms with Crippen molar-refractivity contribution in [3.63, 3.8) is 0 Å². The number of hydrogen-bond acceptors (Lipinski definition) is 2. The Bertz CT molecular complexity index is 269. The highest BCUT2D eigenvalue weighted by atomic mass is 15.1. The highest BCUT2D eigenvalue weighted by Crippen LogP contribution is 2.38. The van der Waals surface area contributed by atoms with Crippen LogP contribution in [0.2, 0.25) is 0 Å². The zero-order chi connectivity index (χ0) is 13.9. The van der Waals surface area contributed by atoms with Crippen LogP contribution in [0.1, 0.15) is 59.8 Å². The Morgan fingerprint density at radius 2 is 1.84 bits per heavy atom. The van der Waals surface area contributed by atoms with E-state index in [1.54, 1.807) is 0 Å². The lowest BCUT2D eigenvalue weighted by molar-refractivity contribution is 0.128. The highest BCUT2D eigenvalue weighted by molar-refractivity contribution is 4.89. The Morgan fingerprint density at radius 1 is 1.11 bits per heavy atom. The van der Waals surface area contributed by atoms with E-state index >= 15 is 0 Å². The van der Waals surface area contributed by atoms with E-state index in [0.717, 1.165) is 17.9 Å². The van der Waals surface area contributed by atoms with Gasteiger partial charge in [0.15, 0.2) is 0 Å². The molecule has 0 amide bonds. The molecule has 0 aromatic heterocycles. The van der Waals surface area contributed by atoms with Crippen LogP contribution in [0.3, 0.4) is 0 Å². The summed E-state index contributed by atoms with van der Waals surface area (Å²) in [5.74, 6) is 1.76. The summed E-state index contributed by atoms with van der Waals surface area (Å²) in [5, 5.41) is 3.94. The summed E-state index contributed by atoms with van der Waals surface area (Å²) in [7, 11) is 0. The molecule has 1 saturated heterocycles. The van der Waals surface area contributed by atoms with Crippen molar-refractivity contribution < 1.29 is 0 Å². The fourth-order valence-corrected chi connectivity index (χ4v) is 4.10. The molecule has 3 atom stereocenters. The minimum Gasteiger partial charge on any atom is -0.313 e. The first-order valence-electron chi connectivity index (χ1n) is 8.46. The Morgan fingerprint density at radius 3 is 2.47 bits per heavy atom. The van der Waals surface area contributed by atoms with Gasteiger partial charge in [0.1, 0.15) is 0 Å². The zero-order valence-electron chi connectivity index (χ0n) is 13.5. The molecule has 1 aliphatic heterocycles. The molecule has 2 aliphatic rings. The van der Waals surface area contributed by atoms with Gasteiger partial charge in [-0.25, -0.2) is 0 Å². The largest absolute Gasteiger partial charge is 0.313 e. The normalized spacial score (nSPS) is 33.8. The van der Waals surface area contributed by atoms with Gasteiger partial charge in [0.2, 0.25) is 0 Å². The first-order chi connectivity index (χ1) is 9.00. The van der Waals surface area contributed by atoms with Crippen LogP contribution in [-0.2, 0) is 0 Å². The average Bonchev–Trinajstić information content (AvgIpc) is 2.83. The van der Waals surface area contributed by atoms with Crippen LogP contribution in [0.15, 0.2) is 0 Å². The van der Waals surface area contributed by atoms with Crippen molar-refractivity contribution in [1.29, 1.82) is 0 Å². The third-order valence-corrected chi connectivity index (χ3v) is 5.36. The van der Waals surface area contributed by atoms with E-state index in [4.69, 9.17) is 0 Å². The maximum absolute atomic E-state index is 3.94. The number of nitrogens with one attached hydrogen (secondary N) is 1. The van der Waals surface area contributed by atoms with Gasteiger partial charge in [-0.1, -0.05) is 40.5 Å². The maximum Gasteiger partial charge on any atom is 0.0100 e. The molecule has 2 nitrogen and oxygen atoms in total.